The monoisotopic (exact) mass is 653 g/mol. The number of nitrogens with one attached hydrogen (secondary N) is 2. The molecule has 262 valence electrons. The minimum absolute atomic E-state index is 0.0216. The quantitative estimate of drug-likeness (QED) is 0.293. The van der Waals surface area contributed by atoms with Crippen molar-refractivity contribution in [2.75, 3.05) is 26.7 Å². The van der Waals surface area contributed by atoms with Crippen molar-refractivity contribution in [3.05, 3.63) is 47.5 Å². The number of nitrogens with zero attached hydrogens (tertiary/aromatic N) is 3. The minimum Gasteiger partial charge on any atom is -0.394 e. The fourth-order valence-corrected chi connectivity index (χ4v) is 6.87. The highest BCUT2D eigenvalue weighted by molar-refractivity contribution is 5.97. The van der Waals surface area contributed by atoms with Gasteiger partial charge in [0.05, 0.1) is 24.7 Å². The molecule has 47 heavy (non-hydrogen) atoms. The van der Waals surface area contributed by atoms with E-state index in [2.05, 4.69) is 29.4 Å². The molecule has 10 heteroatoms. The lowest BCUT2D eigenvalue weighted by Gasteiger charge is -2.41. The van der Waals surface area contributed by atoms with Gasteiger partial charge >= 0.3 is 0 Å². The maximum atomic E-state index is 14.2. The van der Waals surface area contributed by atoms with Crippen molar-refractivity contribution in [3.63, 3.8) is 0 Å². The van der Waals surface area contributed by atoms with Gasteiger partial charge in [0.1, 0.15) is 12.1 Å². The van der Waals surface area contributed by atoms with Gasteiger partial charge in [0, 0.05) is 25.2 Å². The lowest BCUT2D eigenvalue weighted by atomic mass is 9.84. The Morgan fingerprint density at radius 3 is 2.13 bits per heavy atom. The second-order valence-electron chi connectivity index (χ2n) is 15.0. The first-order chi connectivity index (χ1) is 22.1. The van der Waals surface area contributed by atoms with Gasteiger partial charge in [-0.3, -0.25) is 24.1 Å². The maximum Gasteiger partial charge on any atom is 0.249 e. The van der Waals surface area contributed by atoms with Crippen LogP contribution in [0.4, 0.5) is 0 Å². The van der Waals surface area contributed by atoms with Crippen molar-refractivity contribution >= 4 is 23.6 Å². The number of likely N-dealkylation sites (tertiary alicyclic amines) is 2. The zero-order valence-corrected chi connectivity index (χ0v) is 30.1. The molecule has 0 aromatic heterocycles. The largest absolute Gasteiger partial charge is 0.394 e. The minimum atomic E-state index is -0.752. The number of aliphatic hydroxyl groups excluding tert-OH is 1. The Kier molecular flexibility index (Phi) is 13.6. The molecule has 5 atom stereocenters. The number of piperidine rings is 1. The van der Waals surface area contributed by atoms with Crippen molar-refractivity contribution in [2.45, 2.75) is 124 Å². The van der Waals surface area contributed by atoms with Crippen molar-refractivity contribution < 1.29 is 24.3 Å². The van der Waals surface area contributed by atoms with Crippen LogP contribution in [0.2, 0.25) is 0 Å². The number of aliphatic hydroxyl groups is 1. The van der Waals surface area contributed by atoms with E-state index in [1.165, 1.54) is 0 Å². The third-order valence-electron chi connectivity index (χ3n) is 9.66. The molecule has 2 aliphatic rings. The summed E-state index contributed by atoms with van der Waals surface area (Å²) in [7, 11) is 1.73. The van der Waals surface area contributed by atoms with Crippen molar-refractivity contribution in [1.82, 2.24) is 25.3 Å². The normalized spacial score (nSPS) is 21.4. The predicted octanol–water partition coefficient (Wildman–Crippen LogP) is 4.05. The van der Waals surface area contributed by atoms with E-state index in [-0.39, 0.29) is 48.2 Å². The first kappa shape index (κ1) is 38.2. The van der Waals surface area contributed by atoms with Crippen LogP contribution < -0.4 is 10.6 Å². The number of amides is 4. The Hall–Kier alpha value is -3.24. The summed E-state index contributed by atoms with van der Waals surface area (Å²) in [6.45, 7) is 16.9. The molecule has 0 bridgehead atoms. The summed E-state index contributed by atoms with van der Waals surface area (Å²) in [5, 5.41) is 16.0. The zero-order chi connectivity index (χ0) is 35.1. The van der Waals surface area contributed by atoms with E-state index < -0.39 is 29.6 Å². The zero-order valence-electron chi connectivity index (χ0n) is 30.1. The van der Waals surface area contributed by atoms with Crippen molar-refractivity contribution in [1.29, 1.82) is 0 Å². The van der Waals surface area contributed by atoms with E-state index in [1.54, 1.807) is 23.8 Å². The highest BCUT2D eigenvalue weighted by Gasteiger charge is 2.40. The highest BCUT2D eigenvalue weighted by Crippen LogP contribution is 2.27. The maximum absolute atomic E-state index is 14.2. The molecule has 0 saturated carbocycles. The highest BCUT2D eigenvalue weighted by atomic mass is 16.3. The third-order valence-corrected chi connectivity index (χ3v) is 9.66. The van der Waals surface area contributed by atoms with Crippen LogP contribution in [0, 0.1) is 11.3 Å². The Labute approximate surface area is 282 Å². The van der Waals surface area contributed by atoms with Gasteiger partial charge in [0.25, 0.3) is 0 Å². The molecule has 1 unspecified atom stereocenters. The number of carbonyl (C=O) groups excluding carboxylic acids is 4. The van der Waals surface area contributed by atoms with Crippen LogP contribution in [-0.4, -0.2) is 100 Å². The fraction of sp³-hybridized carbons (Fsp3) is 0.676. The van der Waals surface area contributed by atoms with Crippen LogP contribution in [0.5, 0.6) is 0 Å². The summed E-state index contributed by atoms with van der Waals surface area (Å²) in [6, 6.07) is 6.86. The van der Waals surface area contributed by atoms with Gasteiger partial charge in [-0.1, -0.05) is 77.4 Å². The van der Waals surface area contributed by atoms with Gasteiger partial charge in [-0.05, 0) is 69.9 Å². The Balaban J connectivity index is 1.77. The fourth-order valence-electron chi connectivity index (χ4n) is 6.87. The summed E-state index contributed by atoms with van der Waals surface area (Å²) >= 11 is 0. The van der Waals surface area contributed by atoms with E-state index in [9.17, 15) is 24.3 Å². The number of likely N-dealkylation sites (N-methyl/N-ethyl adjacent to an activating group) is 1. The summed E-state index contributed by atoms with van der Waals surface area (Å²) in [5.74, 6) is -0.885. The Morgan fingerprint density at radius 1 is 0.936 bits per heavy atom. The van der Waals surface area contributed by atoms with Crippen LogP contribution in [0.15, 0.2) is 42.0 Å². The first-order valence-corrected chi connectivity index (χ1v) is 17.4. The molecule has 2 aliphatic heterocycles. The van der Waals surface area contributed by atoms with E-state index in [0.29, 0.717) is 25.0 Å². The number of rotatable bonds is 12. The molecule has 0 radical (unpaired) electrons. The first-order valence-electron chi connectivity index (χ1n) is 17.4. The molecule has 2 heterocycles. The summed E-state index contributed by atoms with van der Waals surface area (Å²) in [5.41, 5.74) is 0.705. The van der Waals surface area contributed by atoms with Crippen LogP contribution in [0.3, 0.4) is 0 Å². The second kappa shape index (κ2) is 16.7. The molecule has 2 fully saturated rings. The topological polar surface area (TPSA) is 122 Å². The molecule has 4 amide bonds. The second-order valence-corrected chi connectivity index (χ2v) is 15.0. The van der Waals surface area contributed by atoms with Gasteiger partial charge in [0.15, 0.2) is 0 Å². The average Bonchev–Trinajstić information content (AvgIpc) is 3.53. The molecule has 10 nitrogen and oxygen atoms in total. The molecule has 0 spiro atoms. The van der Waals surface area contributed by atoms with Gasteiger partial charge < -0.3 is 25.5 Å². The molecule has 2 saturated heterocycles. The smallest absolute Gasteiger partial charge is 0.249 e. The van der Waals surface area contributed by atoms with Gasteiger partial charge in [-0.2, -0.15) is 0 Å². The summed E-state index contributed by atoms with van der Waals surface area (Å²) in [4.78, 5) is 60.4. The molecule has 3 N–H and O–H groups in total. The third kappa shape index (κ3) is 9.66. The van der Waals surface area contributed by atoms with Gasteiger partial charge in [-0.15, -0.1) is 0 Å². The average molecular weight is 654 g/mol. The Bertz CT molecular complexity index is 1260. The van der Waals surface area contributed by atoms with Crippen molar-refractivity contribution in [3.8, 4) is 0 Å². The number of hydrogen-bond acceptors (Lipinski definition) is 6. The molecular formula is C37H59N5O5. The number of carbonyl (C=O) groups is 4. The summed E-state index contributed by atoms with van der Waals surface area (Å²) in [6.07, 6.45) is 5.87. The standard InChI is InChI=1S/C37H59N5O5/c1-24(2)31(40(9)36(47)32(37(6,7)8)39-34(45)29-18-13-14-20-41(29)25(3)4)22-26(5)35(46)42-21-15-19-30(42)33(44)38-28(23-43)27-16-11-10-12-17-27/h10-12,16-17,22,24-25,28-32,43H,13-15,18-21,23H2,1-9H3,(H,38,44)(H,39,45)/t28?,29-,30+,31-,32-/m1/s1. The van der Waals surface area contributed by atoms with Crippen LogP contribution in [-0.2, 0) is 19.2 Å². The lowest BCUT2D eigenvalue weighted by molar-refractivity contribution is -0.142. The van der Waals surface area contributed by atoms with Crippen LogP contribution in [0.25, 0.3) is 0 Å². The molecule has 1 aromatic rings. The van der Waals surface area contributed by atoms with Crippen LogP contribution in [0.1, 0.15) is 99.1 Å². The van der Waals surface area contributed by atoms with Crippen molar-refractivity contribution in [2.24, 2.45) is 11.3 Å². The van der Waals surface area contributed by atoms with E-state index in [1.807, 2.05) is 71.0 Å². The predicted molar refractivity (Wildman–Crippen MR) is 185 cm³/mol. The molecule has 1 aromatic carbocycles. The number of benzene rings is 1. The SMILES string of the molecule is CC(=C[C@H](C(C)C)N(C)C(=O)[C@@H](NC(=O)[C@H]1CCCCN1C(C)C)C(C)(C)C)C(=O)N1CCC[C@H]1C(=O)NC(CO)c1ccccc1. The van der Waals surface area contributed by atoms with E-state index >= 15 is 0 Å². The van der Waals surface area contributed by atoms with Gasteiger partial charge in [-0.25, -0.2) is 0 Å². The van der Waals surface area contributed by atoms with Gasteiger partial charge in [0.2, 0.25) is 23.6 Å². The van der Waals surface area contributed by atoms with Crippen LogP contribution >= 0.6 is 0 Å². The molecule has 3 rings (SSSR count). The number of hydrogen-bond donors (Lipinski definition) is 3. The summed E-state index contributed by atoms with van der Waals surface area (Å²) < 4.78 is 0. The Morgan fingerprint density at radius 2 is 1.55 bits per heavy atom. The molecular weight excluding hydrogens is 594 g/mol. The molecule has 0 aliphatic carbocycles. The lowest BCUT2D eigenvalue weighted by Crippen LogP contribution is -2.60. The van der Waals surface area contributed by atoms with E-state index in [0.717, 1.165) is 31.4 Å². The van der Waals surface area contributed by atoms with E-state index in [4.69, 9.17) is 0 Å².